The highest BCUT2D eigenvalue weighted by Gasteiger charge is 2.03. The molecule has 0 unspecified atom stereocenters. The van der Waals surface area contributed by atoms with Crippen LogP contribution in [-0.4, -0.2) is 11.1 Å². The summed E-state index contributed by atoms with van der Waals surface area (Å²) >= 11 is 0. The van der Waals surface area contributed by atoms with E-state index in [1.165, 1.54) is 30.3 Å². The van der Waals surface area contributed by atoms with Gasteiger partial charge in [0.1, 0.15) is 17.3 Å². The largest absolute Gasteiger partial charge is 0.478 e. The molecule has 0 saturated carbocycles. The lowest BCUT2D eigenvalue weighted by molar-refractivity contribution is -0.131. The Morgan fingerprint density at radius 3 is 2.61 bits per heavy atom. The second-order valence-corrected chi connectivity index (χ2v) is 3.38. The number of ether oxygens (including phenoxy) is 1. The highest BCUT2D eigenvalue weighted by molar-refractivity contribution is 5.84. The fourth-order valence-electron chi connectivity index (χ4n) is 1.25. The maximum atomic E-state index is 12.7. The predicted molar refractivity (Wildman–Crippen MR) is 61.9 cm³/mol. The van der Waals surface area contributed by atoms with Crippen LogP contribution in [0, 0.1) is 5.82 Å². The number of carboxylic acid groups (broad SMARTS) is 1. The lowest BCUT2D eigenvalue weighted by Gasteiger charge is -2.00. The third kappa shape index (κ3) is 3.21. The number of furan rings is 1. The van der Waals surface area contributed by atoms with Crippen molar-refractivity contribution in [1.82, 2.24) is 0 Å². The van der Waals surface area contributed by atoms with Crippen molar-refractivity contribution in [2.75, 3.05) is 0 Å². The van der Waals surface area contributed by atoms with Crippen molar-refractivity contribution in [2.24, 2.45) is 0 Å². The molecule has 0 bridgehead atoms. The Morgan fingerprint density at radius 2 is 1.94 bits per heavy atom. The van der Waals surface area contributed by atoms with Crippen LogP contribution < -0.4 is 4.74 Å². The van der Waals surface area contributed by atoms with E-state index in [0.717, 1.165) is 6.08 Å². The maximum Gasteiger partial charge on any atom is 0.328 e. The molecule has 2 aromatic rings. The van der Waals surface area contributed by atoms with Gasteiger partial charge in [-0.1, -0.05) is 0 Å². The summed E-state index contributed by atoms with van der Waals surface area (Å²) in [6.45, 7) is 0. The molecule has 0 saturated heterocycles. The first-order chi connectivity index (χ1) is 8.63. The summed E-state index contributed by atoms with van der Waals surface area (Å²) in [5.74, 6) is -0.431. The molecule has 1 heterocycles. The summed E-state index contributed by atoms with van der Waals surface area (Å²) < 4.78 is 23.2. The maximum absolute atomic E-state index is 12.7. The summed E-state index contributed by atoms with van der Waals surface area (Å²) in [6.07, 6.45) is 2.26. The summed E-state index contributed by atoms with van der Waals surface area (Å²) in [5.41, 5.74) is 0. The minimum Gasteiger partial charge on any atom is -0.478 e. The van der Waals surface area contributed by atoms with Gasteiger partial charge in [0.15, 0.2) is 0 Å². The molecule has 5 heteroatoms. The number of halogens is 1. The van der Waals surface area contributed by atoms with Crippen LogP contribution in [0.2, 0.25) is 0 Å². The summed E-state index contributed by atoms with van der Waals surface area (Å²) in [5, 5.41) is 8.45. The Bertz CT molecular complexity index is 569. The van der Waals surface area contributed by atoms with Gasteiger partial charge in [-0.2, -0.15) is 0 Å². The second kappa shape index (κ2) is 5.18. The van der Waals surface area contributed by atoms with E-state index in [1.54, 1.807) is 12.1 Å². The standard InChI is InChI=1S/C13H9FO4/c14-9-1-3-10(4-2-9)17-13-8-6-11(18-13)5-7-12(15)16/h1-8H,(H,15,16)/b7-5+. The van der Waals surface area contributed by atoms with Gasteiger partial charge in [0.05, 0.1) is 0 Å². The van der Waals surface area contributed by atoms with Crippen LogP contribution in [0.5, 0.6) is 11.7 Å². The van der Waals surface area contributed by atoms with Crippen molar-refractivity contribution in [3.05, 3.63) is 54.1 Å². The first-order valence-corrected chi connectivity index (χ1v) is 5.08. The molecular formula is C13H9FO4. The third-order valence-corrected chi connectivity index (χ3v) is 2.02. The number of carboxylic acids is 1. The second-order valence-electron chi connectivity index (χ2n) is 3.38. The molecule has 0 aliphatic heterocycles. The number of carbonyl (C=O) groups is 1. The molecule has 1 N–H and O–H groups in total. The normalized spacial score (nSPS) is 10.7. The minimum absolute atomic E-state index is 0.201. The van der Waals surface area contributed by atoms with Gasteiger partial charge in [-0.25, -0.2) is 9.18 Å². The summed E-state index contributed by atoms with van der Waals surface area (Å²) in [4.78, 5) is 10.3. The van der Waals surface area contributed by atoms with Crippen LogP contribution in [0.4, 0.5) is 4.39 Å². The number of hydrogen-bond donors (Lipinski definition) is 1. The Labute approximate surface area is 102 Å². The van der Waals surface area contributed by atoms with Gasteiger partial charge in [-0.05, 0) is 36.4 Å². The zero-order valence-electron chi connectivity index (χ0n) is 9.17. The van der Waals surface area contributed by atoms with Crippen LogP contribution in [0.1, 0.15) is 5.76 Å². The molecule has 92 valence electrons. The topological polar surface area (TPSA) is 59.7 Å². The Hall–Kier alpha value is -2.56. The average Bonchev–Trinajstić information content (AvgIpc) is 2.77. The number of aliphatic carboxylic acids is 1. The van der Waals surface area contributed by atoms with Gasteiger partial charge in [0.2, 0.25) is 0 Å². The van der Waals surface area contributed by atoms with E-state index in [-0.39, 0.29) is 11.8 Å². The fourth-order valence-corrected chi connectivity index (χ4v) is 1.25. The van der Waals surface area contributed by atoms with Gasteiger partial charge in [-0.15, -0.1) is 0 Å². The van der Waals surface area contributed by atoms with Gasteiger partial charge in [-0.3, -0.25) is 0 Å². The minimum atomic E-state index is -1.06. The SMILES string of the molecule is O=C(O)/C=C/c1ccc(Oc2ccc(F)cc2)o1. The smallest absolute Gasteiger partial charge is 0.328 e. The summed E-state index contributed by atoms with van der Waals surface area (Å²) in [7, 11) is 0. The lowest BCUT2D eigenvalue weighted by atomic mass is 10.3. The van der Waals surface area contributed by atoms with Crippen molar-refractivity contribution in [2.45, 2.75) is 0 Å². The molecule has 1 aromatic heterocycles. The van der Waals surface area contributed by atoms with Crippen LogP contribution in [0.3, 0.4) is 0 Å². The Balaban J connectivity index is 2.06. The Kier molecular flexibility index (Phi) is 3.43. The highest BCUT2D eigenvalue weighted by atomic mass is 19.1. The highest BCUT2D eigenvalue weighted by Crippen LogP contribution is 2.24. The zero-order chi connectivity index (χ0) is 13.0. The van der Waals surface area contributed by atoms with E-state index in [2.05, 4.69) is 0 Å². The molecule has 0 aliphatic carbocycles. The Morgan fingerprint density at radius 1 is 1.22 bits per heavy atom. The molecule has 2 rings (SSSR count). The molecule has 0 amide bonds. The van der Waals surface area contributed by atoms with E-state index in [4.69, 9.17) is 14.3 Å². The van der Waals surface area contributed by atoms with Gasteiger partial charge < -0.3 is 14.3 Å². The van der Waals surface area contributed by atoms with E-state index in [9.17, 15) is 9.18 Å². The number of hydrogen-bond acceptors (Lipinski definition) is 3. The fraction of sp³-hybridized carbons (Fsp3) is 0. The van der Waals surface area contributed by atoms with Crippen LogP contribution in [0.15, 0.2) is 46.9 Å². The molecule has 0 radical (unpaired) electrons. The molecule has 0 fully saturated rings. The first-order valence-electron chi connectivity index (χ1n) is 5.08. The van der Waals surface area contributed by atoms with Crippen molar-refractivity contribution in [1.29, 1.82) is 0 Å². The van der Waals surface area contributed by atoms with Crippen molar-refractivity contribution >= 4 is 12.0 Å². The molecular weight excluding hydrogens is 239 g/mol. The van der Waals surface area contributed by atoms with E-state index in [0.29, 0.717) is 11.5 Å². The van der Waals surface area contributed by atoms with Crippen LogP contribution in [-0.2, 0) is 4.79 Å². The molecule has 18 heavy (non-hydrogen) atoms. The summed E-state index contributed by atoms with van der Waals surface area (Å²) in [6, 6.07) is 8.57. The van der Waals surface area contributed by atoms with Gasteiger partial charge in [0.25, 0.3) is 5.95 Å². The number of benzene rings is 1. The average molecular weight is 248 g/mol. The quantitative estimate of drug-likeness (QED) is 0.843. The molecule has 0 spiro atoms. The van der Waals surface area contributed by atoms with E-state index < -0.39 is 5.97 Å². The van der Waals surface area contributed by atoms with Gasteiger partial charge in [0, 0.05) is 12.1 Å². The van der Waals surface area contributed by atoms with Crippen LogP contribution >= 0.6 is 0 Å². The lowest BCUT2D eigenvalue weighted by Crippen LogP contribution is -1.84. The van der Waals surface area contributed by atoms with E-state index >= 15 is 0 Å². The van der Waals surface area contributed by atoms with Crippen molar-refractivity contribution < 1.29 is 23.4 Å². The molecule has 1 aromatic carbocycles. The zero-order valence-corrected chi connectivity index (χ0v) is 9.17. The van der Waals surface area contributed by atoms with Crippen molar-refractivity contribution in [3.63, 3.8) is 0 Å². The monoisotopic (exact) mass is 248 g/mol. The molecule has 0 atom stereocenters. The van der Waals surface area contributed by atoms with E-state index in [1.807, 2.05) is 0 Å². The first kappa shape index (κ1) is 11.9. The third-order valence-electron chi connectivity index (χ3n) is 2.02. The predicted octanol–water partition coefficient (Wildman–Crippen LogP) is 3.31. The number of rotatable bonds is 4. The molecule has 0 aliphatic rings. The molecule has 4 nitrogen and oxygen atoms in total. The van der Waals surface area contributed by atoms with Crippen LogP contribution in [0.25, 0.3) is 6.08 Å². The van der Waals surface area contributed by atoms with Crippen molar-refractivity contribution in [3.8, 4) is 11.7 Å². The van der Waals surface area contributed by atoms with Gasteiger partial charge >= 0.3 is 5.97 Å².